The van der Waals surface area contributed by atoms with Gasteiger partial charge in [-0.15, -0.1) is 4.99 Å². The molecule has 26 N–H and O–H groups in total. The van der Waals surface area contributed by atoms with Crippen LogP contribution in [0, 0.1) is 10.1 Å². The number of nitrogens with one attached hydrogen (secondary N) is 6. The number of hydrogen-bond donors (Lipinski definition) is 17. The van der Waals surface area contributed by atoms with E-state index < -0.39 is 113 Å². The van der Waals surface area contributed by atoms with Crippen molar-refractivity contribution in [2.45, 2.75) is 43.5 Å². The van der Waals surface area contributed by atoms with Gasteiger partial charge < -0.3 is 88.2 Å². The molecule has 1 heterocycles. The van der Waals surface area contributed by atoms with Gasteiger partial charge in [0.15, 0.2) is 29.7 Å². The SMILES string of the molecule is NC(=O)C(N=C(N)N)NC(=O)C(N=C(N)N)NC(=O)C(N=C(N)N)NC(=O)C(N=C(N)N)NC(=O)C(NC(=O)C(O)N(Cc1ccc(NOO)cc1[N+](=O)[O-])c1nc(-c2ccccc2)nc2ccccc12)c1ccccc1. The van der Waals surface area contributed by atoms with Gasteiger partial charge in [0.25, 0.3) is 35.2 Å². The summed E-state index contributed by atoms with van der Waals surface area (Å²) in [4.78, 5) is 122. The Kier molecular flexibility index (Phi) is 19.3. The normalized spacial score (nSPS) is 13.0. The number of amides is 6. The first-order valence-electron chi connectivity index (χ1n) is 21.9. The molecule has 6 unspecified atom stereocenters. The number of nitrogens with two attached hydrogens (primary N) is 9. The number of nitrogens with zero attached hydrogens (tertiary/aromatic N) is 8. The predicted octanol–water partition coefficient (Wildman–Crippen LogP) is -5.45. The summed E-state index contributed by atoms with van der Waals surface area (Å²) >= 11 is 0. The molecule has 0 fully saturated rings. The summed E-state index contributed by atoms with van der Waals surface area (Å²) in [6.07, 6.45) is -10.8. The van der Waals surface area contributed by atoms with E-state index in [0.717, 1.165) is 11.0 Å². The Morgan fingerprint density at radius 2 is 1.09 bits per heavy atom. The summed E-state index contributed by atoms with van der Waals surface area (Å²) in [6, 6.07) is 24.1. The van der Waals surface area contributed by atoms with Crippen LogP contribution in [0.15, 0.2) is 123 Å². The average Bonchev–Trinajstić information content (AvgIpc) is 3.38. The zero-order chi connectivity index (χ0) is 56.5. The molecule has 34 heteroatoms. The van der Waals surface area contributed by atoms with E-state index in [1.54, 1.807) is 60.7 Å². The molecule has 0 radical (unpaired) electrons. The van der Waals surface area contributed by atoms with E-state index in [1.165, 1.54) is 36.4 Å². The lowest BCUT2D eigenvalue weighted by atomic mass is 10.1. The molecule has 6 amide bonds. The zero-order valence-corrected chi connectivity index (χ0v) is 39.8. The molecule has 0 aliphatic rings. The summed E-state index contributed by atoms with van der Waals surface area (Å²) < 4.78 is 0. The summed E-state index contributed by atoms with van der Waals surface area (Å²) in [7, 11) is 0. The van der Waals surface area contributed by atoms with Crippen molar-refractivity contribution in [3.05, 3.63) is 124 Å². The van der Waals surface area contributed by atoms with Gasteiger partial charge in [-0.3, -0.25) is 38.9 Å². The molecule has 0 saturated carbocycles. The number of rotatable bonds is 24. The highest BCUT2D eigenvalue weighted by atomic mass is 17.2. The Hall–Kier alpha value is -11.0. The fourth-order valence-electron chi connectivity index (χ4n) is 6.84. The van der Waals surface area contributed by atoms with Gasteiger partial charge in [0.05, 0.1) is 22.7 Å². The van der Waals surface area contributed by atoms with Crippen molar-refractivity contribution in [2.75, 3.05) is 10.4 Å². The van der Waals surface area contributed by atoms with E-state index in [9.17, 15) is 44.0 Å². The molecule has 77 heavy (non-hydrogen) atoms. The standard InChI is InChI=1S/C43H51N23O11/c44-27(67)29(60-40(45)46)56-35(69)31(62-42(49)50)58-37(71)32(63-43(51)52)59-36(70)30(61-41(47)48)57-34(68)26(19-9-3-1-4-10-19)54-38(72)39(73)65(18-21-15-16-22(64-77-76)17-25(21)66(74)75)33-23-13-7-8-14-24(23)53-28(55-33)20-11-5-2-6-12-20/h1-17,26,29-32,39,64,73,76H,18H2,(H2,44,67)(H,54,72)(H,56,69)(H,57,68)(H,58,71)(H,59,70)(H4,45,46,60)(H4,47,48,61)(H4,49,50,62)(H4,51,52,63). The number of nitro groups is 1. The van der Waals surface area contributed by atoms with Gasteiger partial charge in [-0.2, -0.15) is 0 Å². The third-order valence-electron chi connectivity index (χ3n) is 10.1. The van der Waals surface area contributed by atoms with E-state index >= 15 is 0 Å². The molecule has 5 rings (SSSR count). The molecule has 4 aromatic carbocycles. The molecule has 0 saturated heterocycles. The fraction of sp³-hybridized carbons (Fsp3) is 0.163. The van der Waals surface area contributed by atoms with E-state index in [4.69, 9.17) is 61.8 Å². The minimum Gasteiger partial charge on any atom is -0.370 e. The summed E-state index contributed by atoms with van der Waals surface area (Å²) in [6.45, 7) is -0.622. The first kappa shape index (κ1) is 56.9. The van der Waals surface area contributed by atoms with Gasteiger partial charge in [0.1, 0.15) is 11.9 Å². The maximum absolute atomic E-state index is 14.6. The van der Waals surface area contributed by atoms with Crippen LogP contribution < -0.4 is 88.6 Å². The number of para-hydroxylation sites is 1. The Bertz CT molecular complexity index is 3110. The lowest BCUT2D eigenvalue weighted by Gasteiger charge is -2.31. The molecule has 0 spiro atoms. The van der Waals surface area contributed by atoms with Crippen LogP contribution in [-0.2, 0) is 40.3 Å². The number of aliphatic imine (C=N–C) groups is 4. The monoisotopic (exact) mass is 1070 g/mol. The number of primary amides is 1. The number of hydrogen-bond acceptors (Lipinski definition) is 19. The lowest BCUT2D eigenvalue weighted by molar-refractivity contribution is -0.385. The van der Waals surface area contributed by atoms with Gasteiger partial charge in [0.2, 0.25) is 36.8 Å². The van der Waals surface area contributed by atoms with Crippen LogP contribution in [0.3, 0.4) is 0 Å². The minimum absolute atomic E-state index is 0.0323. The van der Waals surface area contributed by atoms with E-state index in [1.807, 2.05) is 10.6 Å². The maximum Gasteiger partial charge on any atom is 0.276 e. The Morgan fingerprint density at radius 3 is 1.60 bits per heavy atom. The quantitative estimate of drug-likeness (QED) is 0.00685. The molecular weight excluding hydrogens is 1010 g/mol. The van der Waals surface area contributed by atoms with E-state index in [-0.39, 0.29) is 33.8 Å². The van der Waals surface area contributed by atoms with E-state index in [0.29, 0.717) is 11.1 Å². The van der Waals surface area contributed by atoms with Crippen LogP contribution >= 0.6 is 0 Å². The number of carbonyl (C=O) groups is 6. The van der Waals surface area contributed by atoms with Crippen molar-refractivity contribution >= 4 is 87.4 Å². The van der Waals surface area contributed by atoms with Crippen LogP contribution in [0.1, 0.15) is 17.2 Å². The first-order valence-corrected chi connectivity index (χ1v) is 21.9. The topological polar surface area (TPSA) is 580 Å². The van der Waals surface area contributed by atoms with Gasteiger partial charge in [-0.1, -0.05) is 72.8 Å². The molecule has 0 aliphatic heterocycles. The largest absolute Gasteiger partial charge is 0.370 e. The third kappa shape index (κ3) is 15.7. The second-order valence-corrected chi connectivity index (χ2v) is 15.7. The van der Waals surface area contributed by atoms with Gasteiger partial charge >= 0.3 is 0 Å². The van der Waals surface area contributed by atoms with Crippen molar-refractivity contribution in [1.82, 2.24) is 36.6 Å². The number of anilines is 2. The third-order valence-corrected chi connectivity index (χ3v) is 10.1. The Morgan fingerprint density at radius 1 is 0.610 bits per heavy atom. The van der Waals surface area contributed by atoms with Gasteiger partial charge in [-0.25, -0.2) is 40.7 Å². The summed E-state index contributed by atoms with van der Waals surface area (Å²) in [5.74, 6) is -11.1. The van der Waals surface area contributed by atoms with Crippen molar-refractivity contribution in [3.63, 3.8) is 0 Å². The van der Waals surface area contributed by atoms with Crippen LogP contribution in [-0.4, -0.2) is 115 Å². The molecular formula is C43H51N23O11. The average molecular weight is 1070 g/mol. The maximum atomic E-state index is 14.6. The highest BCUT2D eigenvalue weighted by molar-refractivity contribution is 6.00. The number of aliphatic hydroxyl groups is 1. The number of nitro benzene ring substituents is 1. The Labute approximate surface area is 433 Å². The molecule has 404 valence electrons. The van der Waals surface area contributed by atoms with Crippen molar-refractivity contribution in [1.29, 1.82) is 0 Å². The second kappa shape index (κ2) is 26.1. The second-order valence-electron chi connectivity index (χ2n) is 15.7. The number of guanidine groups is 4. The number of benzene rings is 4. The molecule has 1 aromatic heterocycles. The molecule has 6 atom stereocenters. The van der Waals surface area contributed by atoms with Crippen molar-refractivity contribution in [2.24, 2.45) is 71.6 Å². The van der Waals surface area contributed by atoms with Crippen molar-refractivity contribution < 1.29 is 49.0 Å². The number of carbonyl (C=O) groups excluding carboxylic acids is 6. The number of aromatic nitrogens is 2. The predicted molar refractivity (Wildman–Crippen MR) is 275 cm³/mol. The minimum atomic E-state index is -2.36. The Balaban J connectivity index is 1.51. The number of aliphatic hydroxyl groups excluding tert-OH is 1. The highest BCUT2D eigenvalue weighted by Crippen LogP contribution is 2.32. The molecule has 0 aliphatic carbocycles. The summed E-state index contributed by atoms with van der Waals surface area (Å²) in [5, 5.41) is 44.6. The van der Waals surface area contributed by atoms with Gasteiger partial charge in [0, 0.05) is 22.6 Å². The first-order chi connectivity index (χ1) is 36.6. The lowest BCUT2D eigenvalue weighted by Crippen LogP contribution is -2.58. The fourth-order valence-corrected chi connectivity index (χ4v) is 6.84. The van der Waals surface area contributed by atoms with Crippen molar-refractivity contribution in [3.8, 4) is 11.4 Å². The smallest absolute Gasteiger partial charge is 0.276 e. The summed E-state index contributed by atoms with van der Waals surface area (Å²) in [5.41, 5.74) is 51.3. The van der Waals surface area contributed by atoms with Crippen LogP contribution in [0.5, 0.6) is 0 Å². The molecule has 34 nitrogen and oxygen atoms in total. The van der Waals surface area contributed by atoms with Crippen LogP contribution in [0.25, 0.3) is 22.3 Å². The van der Waals surface area contributed by atoms with Gasteiger partial charge in [-0.05, 0) is 29.8 Å². The molecule has 5 aromatic rings. The van der Waals surface area contributed by atoms with E-state index in [2.05, 4.69) is 51.4 Å². The zero-order valence-electron chi connectivity index (χ0n) is 39.8. The highest BCUT2D eigenvalue weighted by Gasteiger charge is 2.36. The van der Waals surface area contributed by atoms with Crippen LogP contribution in [0.2, 0.25) is 0 Å². The molecule has 0 bridgehead atoms. The van der Waals surface area contributed by atoms with Crippen LogP contribution in [0.4, 0.5) is 17.2 Å². The number of fused-ring (bicyclic) bond motifs is 1.